The Morgan fingerprint density at radius 1 is 1.06 bits per heavy atom. The maximum absolute atomic E-state index is 12.9. The molecule has 48 heavy (non-hydrogen) atoms. The molecule has 1 heterocycles. The van der Waals surface area contributed by atoms with Crippen molar-refractivity contribution in [2.24, 2.45) is 5.92 Å². The molecule has 0 spiro atoms. The molecule has 1 amide bonds. The number of aliphatic hydroxyl groups excluding tert-OH is 5. The lowest BCUT2D eigenvalue weighted by Gasteiger charge is -2.29. The highest BCUT2D eigenvalue weighted by Crippen LogP contribution is 2.53. The third kappa shape index (κ3) is 9.08. The molecule has 12 heteroatoms. The van der Waals surface area contributed by atoms with Gasteiger partial charge in [-0.25, -0.2) is 0 Å². The molecule has 10 nitrogen and oxygen atoms in total. The highest BCUT2D eigenvalue weighted by atomic mass is 35.5. The minimum atomic E-state index is -1.74. The van der Waals surface area contributed by atoms with Gasteiger partial charge in [0.2, 0.25) is 5.91 Å². The number of rotatable bonds is 18. The van der Waals surface area contributed by atoms with Gasteiger partial charge in [-0.2, -0.15) is 0 Å². The minimum Gasteiger partial charge on any atom is -0.490 e. The molecule has 0 aliphatic heterocycles. The number of ether oxygens (including phenoxy) is 2. The summed E-state index contributed by atoms with van der Waals surface area (Å²) in [5.41, 5.74) is 3.57. The molecule has 2 aliphatic carbocycles. The second-order valence-corrected chi connectivity index (χ2v) is 14.4. The second-order valence-electron chi connectivity index (χ2n) is 12.8. The first-order valence-corrected chi connectivity index (χ1v) is 17.7. The van der Waals surface area contributed by atoms with E-state index in [-0.39, 0.29) is 24.5 Å². The van der Waals surface area contributed by atoms with Gasteiger partial charge < -0.3 is 39.9 Å². The molecule has 2 aliphatic rings. The van der Waals surface area contributed by atoms with E-state index in [1.165, 1.54) is 11.9 Å². The molecular weight excluding hydrogens is 656 g/mol. The molecule has 0 saturated heterocycles. The number of hydrogen-bond acceptors (Lipinski definition) is 10. The number of thioether (sulfide) groups is 1. The van der Waals surface area contributed by atoms with E-state index in [0.29, 0.717) is 23.8 Å². The summed E-state index contributed by atoms with van der Waals surface area (Å²) < 4.78 is 12.8. The Morgan fingerprint density at radius 3 is 2.50 bits per heavy atom. The smallest absolute Gasteiger partial charge is 0.225 e. The van der Waals surface area contributed by atoms with Crippen LogP contribution >= 0.6 is 23.4 Å². The van der Waals surface area contributed by atoms with E-state index in [1.807, 2.05) is 48.7 Å². The van der Waals surface area contributed by atoms with Crippen molar-refractivity contribution < 1.29 is 39.8 Å². The number of aliphatic hydroxyl groups is 5. The Labute approximate surface area is 290 Å². The van der Waals surface area contributed by atoms with E-state index in [4.69, 9.17) is 26.2 Å². The monoisotopic (exact) mass is 700 g/mol. The van der Waals surface area contributed by atoms with E-state index in [2.05, 4.69) is 11.1 Å². The Balaban J connectivity index is 1.15. The molecule has 0 radical (unpaired) electrons. The summed E-state index contributed by atoms with van der Waals surface area (Å²) in [5, 5.41) is 49.3. The Hall–Kier alpha value is -2.74. The van der Waals surface area contributed by atoms with Crippen LogP contribution in [0.2, 0.25) is 5.02 Å². The first kappa shape index (κ1) is 36.5. The summed E-state index contributed by atoms with van der Waals surface area (Å²) in [5.74, 6) is 0.944. The number of likely N-dealkylation sites (N-methyl/N-ethyl adjacent to an activating group) is 1. The predicted octanol–water partition coefficient (Wildman–Crippen LogP) is 4.16. The topological polar surface area (TPSA) is 153 Å². The highest BCUT2D eigenvalue weighted by molar-refractivity contribution is 7.99. The third-order valence-electron chi connectivity index (χ3n) is 8.94. The number of nitrogens with zero attached hydrogens (tertiary/aromatic N) is 2. The number of pyridine rings is 1. The number of carbonyl (C=O) groups is 1. The van der Waals surface area contributed by atoms with Crippen molar-refractivity contribution >= 4 is 29.3 Å². The van der Waals surface area contributed by atoms with Crippen LogP contribution in [0.25, 0.3) is 11.1 Å². The van der Waals surface area contributed by atoms with E-state index >= 15 is 0 Å². The van der Waals surface area contributed by atoms with Crippen LogP contribution in [0, 0.1) is 5.92 Å². The Bertz CT molecular complexity index is 1540. The molecule has 2 aromatic carbocycles. The van der Waals surface area contributed by atoms with Gasteiger partial charge in [0.05, 0.1) is 24.9 Å². The summed E-state index contributed by atoms with van der Waals surface area (Å²) in [4.78, 5) is 19.7. The number of halogens is 1. The average molecular weight is 701 g/mol. The van der Waals surface area contributed by atoms with Gasteiger partial charge in [-0.3, -0.25) is 9.78 Å². The van der Waals surface area contributed by atoms with Crippen LogP contribution in [0.5, 0.6) is 5.75 Å². The van der Waals surface area contributed by atoms with Crippen molar-refractivity contribution in [3.63, 3.8) is 0 Å². The van der Waals surface area contributed by atoms with Crippen molar-refractivity contribution in [3.8, 4) is 16.9 Å². The van der Waals surface area contributed by atoms with Gasteiger partial charge >= 0.3 is 0 Å². The van der Waals surface area contributed by atoms with Gasteiger partial charge in [-0.05, 0) is 79.3 Å². The zero-order chi connectivity index (χ0) is 34.4. The van der Waals surface area contributed by atoms with E-state index < -0.39 is 36.6 Å². The molecule has 260 valence electrons. The van der Waals surface area contributed by atoms with Crippen LogP contribution in [-0.2, 0) is 21.7 Å². The molecular formula is C36H45ClN2O8S. The first-order valence-electron chi connectivity index (χ1n) is 16.4. The highest BCUT2D eigenvalue weighted by Gasteiger charge is 2.48. The van der Waals surface area contributed by atoms with E-state index in [9.17, 15) is 25.2 Å². The predicted molar refractivity (Wildman–Crippen MR) is 184 cm³/mol. The summed E-state index contributed by atoms with van der Waals surface area (Å²) in [6.07, 6.45) is 1.92. The van der Waals surface area contributed by atoms with Gasteiger partial charge in [-0.1, -0.05) is 36.7 Å². The normalized spacial score (nSPS) is 18.4. The summed E-state index contributed by atoms with van der Waals surface area (Å²) in [6, 6.07) is 16.0. The summed E-state index contributed by atoms with van der Waals surface area (Å²) >= 11 is 8.22. The fourth-order valence-corrected chi connectivity index (χ4v) is 6.89. The van der Waals surface area contributed by atoms with Crippen LogP contribution in [0.15, 0.2) is 65.8 Å². The summed E-state index contributed by atoms with van der Waals surface area (Å²) in [6.45, 7) is 1.12. The lowest BCUT2D eigenvalue weighted by Crippen LogP contribution is -2.50. The summed E-state index contributed by atoms with van der Waals surface area (Å²) in [7, 11) is 1.50. The van der Waals surface area contributed by atoms with Crippen LogP contribution in [0.4, 0.5) is 0 Å². The Morgan fingerprint density at radius 2 is 1.79 bits per heavy atom. The van der Waals surface area contributed by atoms with Crippen molar-refractivity contribution in [1.29, 1.82) is 0 Å². The lowest BCUT2D eigenvalue weighted by atomic mass is 9.96. The van der Waals surface area contributed by atoms with Crippen LogP contribution < -0.4 is 4.74 Å². The number of amides is 1. The first-order chi connectivity index (χ1) is 23.0. The molecule has 2 fully saturated rings. The van der Waals surface area contributed by atoms with Gasteiger partial charge in [0.15, 0.2) is 0 Å². The van der Waals surface area contributed by atoms with E-state index in [0.717, 1.165) is 58.6 Å². The third-order valence-corrected chi connectivity index (χ3v) is 10.3. The van der Waals surface area contributed by atoms with Gasteiger partial charge in [0.1, 0.15) is 30.2 Å². The average Bonchev–Trinajstić information content (AvgIpc) is 4.04. The van der Waals surface area contributed by atoms with Gasteiger partial charge in [-0.15, -0.1) is 11.8 Å². The van der Waals surface area contributed by atoms with E-state index in [1.54, 1.807) is 24.9 Å². The molecule has 5 atom stereocenters. The standard InChI is InChI=1S/C36H45ClN2O8S/c1-22(35(45)39(2)19-30(41)33(43)34(44)31(42)20-40)12-16-48-25-9-10-29(37)23(17-25)21-46-36(13-14-36)28-18-38-15-11-26(28)27-5-3-4-6-32(27)47-24-7-8-24/h3-6,9-11,15,17-18,22,24,30-31,33-34,40-44H,7-8,12-14,16,19-21H2,1-2H3/t22?,30-,31+,33+,34+/m0/s1. The van der Waals surface area contributed by atoms with Crippen molar-refractivity contribution in [1.82, 2.24) is 9.88 Å². The van der Waals surface area contributed by atoms with Crippen LogP contribution in [0.1, 0.15) is 50.2 Å². The lowest BCUT2D eigenvalue weighted by molar-refractivity contribution is -0.141. The molecule has 1 aromatic heterocycles. The van der Waals surface area contributed by atoms with Gasteiger partial charge in [0.25, 0.3) is 0 Å². The number of para-hydroxylation sites is 1. The quantitative estimate of drug-likeness (QED) is 0.122. The molecule has 5 rings (SSSR count). The number of carbonyl (C=O) groups excluding carboxylic acids is 1. The zero-order valence-corrected chi connectivity index (χ0v) is 28.8. The number of hydrogen-bond donors (Lipinski definition) is 5. The molecule has 1 unspecified atom stereocenters. The largest absolute Gasteiger partial charge is 0.490 e. The fraction of sp³-hybridized carbons (Fsp3) is 0.500. The van der Waals surface area contributed by atoms with Crippen LogP contribution in [0.3, 0.4) is 0 Å². The molecule has 5 N–H and O–H groups in total. The second kappa shape index (κ2) is 16.3. The van der Waals surface area contributed by atoms with Crippen molar-refractivity contribution in [3.05, 3.63) is 77.1 Å². The van der Waals surface area contributed by atoms with Gasteiger partial charge in [0, 0.05) is 52.9 Å². The van der Waals surface area contributed by atoms with Crippen LogP contribution in [-0.4, -0.2) is 97.8 Å². The maximum Gasteiger partial charge on any atom is 0.225 e. The molecule has 0 bridgehead atoms. The van der Waals surface area contributed by atoms with Crippen molar-refractivity contribution in [2.75, 3.05) is 26.0 Å². The Kier molecular flexibility index (Phi) is 12.4. The fourth-order valence-electron chi connectivity index (χ4n) is 5.62. The molecule has 2 saturated carbocycles. The molecule has 3 aromatic rings. The zero-order valence-electron chi connectivity index (χ0n) is 27.2. The van der Waals surface area contributed by atoms with Crippen molar-refractivity contribution in [2.45, 2.75) is 86.7 Å². The maximum atomic E-state index is 12.9. The number of benzene rings is 2. The SMILES string of the molecule is CC(CCSc1ccc(Cl)c(COC2(c3cnccc3-c3ccccc3OC3CC3)CC2)c1)C(=O)N(C)C[C@H](O)[C@@H](O)[C@H](O)[C@H](O)CO. The minimum absolute atomic E-state index is 0.226. The number of aromatic nitrogens is 1.